The van der Waals surface area contributed by atoms with Gasteiger partial charge in [0.05, 0.1) is 19.2 Å². The number of halogens is 1. The highest BCUT2D eigenvalue weighted by molar-refractivity contribution is 5.83. The fraction of sp³-hybridized carbons (Fsp3) is 0.864. The number of carbonyl (C=O) groups is 2. The van der Waals surface area contributed by atoms with Crippen molar-refractivity contribution < 1.29 is 14.0 Å². The van der Waals surface area contributed by atoms with E-state index >= 15 is 0 Å². The largest absolute Gasteiger partial charge is 0.353 e. The molecule has 2 amide bonds. The molecule has 0 aromatic rings. The van der Waals surface area contributed by atoms with Crippen molar-refractivity contribution in [3.05, 3.63) is 0 Å². The summed E-state index contributed by atoms with van der Waals surface area (Å²) in [6.07, 6.45) is 4.08. The summed E-state index contributed by atoms with van der Waals surface area (Å²) >= 11 is 0. The van der Waals surface area contributed by atoms with E-state index in [-0.39, 0.29) is 53.7 Å². The number of alkyl halides is 1. The number of nitriles is 1. The number of carbonyl (C=O) groups excluding carboxylic acids is 2. The second kappa shape index (κ2) is 7.86. The molecule has 3 aliphatic carbocycles. The van der Waals surface area contributed by atoms with Gasteiger partial charge in [0.15, 0.2) is 0 Å². The number of hydrogen-bond acceptors (Lipinski definition) is 4. The smallest absolute Gasteiger partial charge is 0.237 e. The van der Waals surface area contributed by atoms with Gasteiger partial charge in [-0.15, -0.1) is 0 Å². The van der Waals surface area contributed by atoms with Gasteiger partial charge in [-0.3, -0.25) is 9.59 Å². The molecule has 3 atom stereocenters. The first-order valence-electron chi connectivity index (χ1n) is 10.9. The minimum atomic E-state index is -1.11. The Morgan fingerprint density at radius 1 is 1.21 bits per heavy atom. The summed E-state index contributed by atoms with van der Waals surface area (Å²) in [5.41, 5.74) is -0.379. The third-order valence-electron chi connectivity index (χ3n) is 7.71. The third-order valence-corrected chi connectivity index (χ3v) is 7.71. The van der Waals surface area contributed by atoms with E-state index in [1.807, 2.05) is 6.07 Å². The maximum Gasteiger partial charge on any atom is 0.237 e. The van der Waals surface area contributed by atoms with Gasteiger partial charge in [-0.05, 0) is 50.9 Å². The van der Waals surface area contributed by atoms with Gasteiger partial charge in [0.1, 0.15) is 12.2 Å². The molecule has 162 valence electrons. The molecule has 6 nitrogen and oxygen atoms in total. The van der Waals surface area contributed by atoms with E-state index in [2.05, 4.69) is 38.3 Å². The lowest BCUT2D eigenvalue weighted by molar-refractivity contribution is -0.140. The summed E-state index contributed by atoms with van der Waals surface area (Å²) in [7, 11) is 0. The van der Waals surface area contributed by atoms with Crippen molar-refractivity contribution in [2.45, 2.75) is 96.4 Å². The predicted molar refractivity (Wildman–Crippen MR) is 109 cm³/mol. The molecule has 2 bridgehead atoms. The number of fused-ring (bicyclic) bond motifs is 3. The molecule has 0 aromatic carbocycles. The van der Waals surface area contributed by atoms with Crippen LogP contribution in [0.15, 0.2) is 0 Å². The lowest BCUT2D eigenvalue weighted by atomic mass is 9.56. The van der Waals surface area contributed by atoms with Gasteiger partial charge >= 0.3 is 0 Å². The van der Waals surface area contributed by atoms with Crippen LogP contribution in [0.1, 0.15) is 72.6 Å². The van der Waals surface area contributed by atoms with Gasteiger partial charge in [0, 0.05) is 23.4 Å². The Labute approximate surface area is 173 Å². The van der Waals surface area contributed by atoms with Crippen LogP contribution in [0.4, 0.5) is 4.39 Å². The molecular formula is C22H35FN4O2. The lowest BCUT2D eigenvalue weighted by Gasteiger charge is -2.53. The van der Waals surface area contributed by atoms with Gasteiger partial charge < -0.3 is 15.5 Å². The van der Waals surface area contributed by atoms with E-state index in [1.54, 1.807) is 0 Å². The summed E-state index contributed by atoms with van der Waals surface area (Å²) in [4.78, 5) is 26.9. The summed E-state index contributed by atoms with van der Waals surface area (Å²) < 4.78 is 13.6. The van der Waals surface area contributed by atoms with Gasteiger partial charge in [-0.1, -0.05) is 20.8 Å². The van der Waals surface area contributed by atoms with Crippen molar-refractivity contribution in [3.63, 3.8) is 0 Å². The number of nitrogens with zero attached hydrogens (tertiary/aromatic N) is 2. The average molecular weight is 407 g/mol. The summed E-state index contributed by atoms with van der Waals surface area (Å²) in [6, 6.07) is 1.49. The van der Waals surface area contributed by atoms with Crippen LogP contribution in [0.5, 0.6) is 0 Å². The number of amides is 2. The molecule has 2 N–H and O–H groups in total. The quantitative estimate of drug-likeness (QED) is 0.735. The molecular weight excluding hydrogens is 371 g/mol. The van der Waals surface area contributed by atoms with Crippen LogP contribution in [0.2, 0.25) is 0 Å². The predicted octanol–water partition coefficient (Wildman–Crippen LogP) is 2.68. The minimum absolute atomic E-state index is 0.0149. The normalized spacial score (nSPS) is 35.2. The topological polar surface area (TPSA) is 85.2 Å². The van der Waals surface area contributed by atoms with Crippen LogP contribution in [0, 0.1) is 22.2 Å². The summed E-state index contributed by atoms with van der Waals surface area (Å²) in [5, 5.41) is 15.8. The van der Waals surface area contributed by atoms with Gasteiger partial charge in [0.2, 0.25) is 11.8 Å². The Balaban J connectivity index is 1.54. The molecule has 3 saturated carbocycles. The van der Waals surface area contributed by atoms with Crippen LogP contribution < -0.4 is 10.6 Å². The van der Waals surface area contributed by atoms with Crippen molar-refractivity contribution in [2.24, 2.45) is 10.8 Å². The molecule has 4 aliphatic rings. The molecule has 1 aliphatic heterocycles. The number of hydrogen-bond donors (Lipinski definition) is 2. The van der Waals surface area contributed by atoms with Crippen LogP contribution in [-0.2, 0) is 9.59 Å². The molecule has 29 heavy (non-hydrogen) atoms. The Bertz CT molecular complexity index is 671. The average Bonchev–Trinajstić information content (AvgIpc) is 3.07. The molecule has 0 spiro atoms. The monoisotopic (exact) mass is 406 g/mol. The van der Waals surface area contributed by atoms with Crippen LogP contribution in [0.3, 0.4) is 0 Å². The van der Waals surface area contributed by atoms with Crippen LogP contribution in [-0.4, -0.2) is 53.6 Å². The van der Waals surface area contributed by atoms with Crippen molar-refractivity contribution in [1.29, 1.82) is 5.26 Å². The Kier molecular flexibility index (Phi) is 5.97. The van der Waals surface area contributed by atoms with Crippen molar-refractivity contribution in [2.75, 3.05) is 13.1 Å². The Morgan fingerprint density at radius 2 is 1.79 bits per heavy atom. The lowest BCUT2D eigenvalue weighted by Crippen LogP contribution is -2.61. The molecule has 0 unspecified atom stereocenters. The van der Waals surface area contributed by atoms with E-state index in [4.69, 9.17) is 5.26 Å². The number of likely N-dealkylation sites (tertiary alicyclic amines) is 1. The zero-order valence-electron chi connectivity index (χ0n) is 18.2. The second-order valence-electron chi connectivity index (χ2n) is 10.5. The molecule has 0 radical (unpaired) electrons. The van der Waals surface area contributed by atoms with Crippen LogP contribution >= 0.6 is 0 Å². The van der Waals surface area contributed by atoms with Crippen molar-refractivity contribution >= 4 is 11.8 Å². The van der Waals surface area contributed by atoms with Gasteiger partial charge in [-0.25, -0.2) is 4.39 Å². The van der Waals surface area contributed by atoms with Gasteiger partial charge in [0.25, 0.3) is 0 Å². The van der Waals surface area contributed by atoms with E-state index in [0.717, 1.165) is 38.5 Å². The third kappa shape index (κ3) is 4.42. The zero-order chi connectivity index (χ0) is 21.4. The minimum Gasteiger partial charge on any atom is -0.353 e. The first-order valence-corrected chi connectivity index (χ1v) is 10.9. The first-order chi connectivity index (χ1) is 13.5. The summed E-state index contributed by atoms with van der Waals surface area (Å²) in [5.74, 6) is -0.0301. The fourth-order valence-electron chi connectivity index (χ4n) is 4.91. The van der Waals surface area contributed by atoms with Gasteiger partial charge in [-0.2, -0.15) is 5.26 Å². The maximum atomic E-state index is 13.6. The van der Waals surface area contributed by atoms with E-state index < -0.39 is 12.2 Å². The molecule has 7 heteroatoms. The second-order valence-corrected chi connectivity index (χ2v) is 10.5. The van der Waals surface area contributed by atoms with Crippen LogP contribution in [0.25, 0.3) is 0 Å². The van der Waals surface area contributed by atoms with E-state index in [0.29, 0.717) is 0 Å². The highest BCUT2D eigenvalue weighted by Gasteiger charge is 2.52. The Hall–Kier alpha value is -1.68. The Morgan fingerprint density at radius 3 is 2.31 bits per heavy atom. The molecule has 4 rings (SSSR count). The zero-order valence-corrected chi connectivity index (χ0v) is 18.2. The van der Waals surface area contributed by atoms with E-state index in [9.17, 15) is 14.0 Å². The maximum absolute atomic E-state index is 13.6. The molecule has 1 saturated heterocycles. The molecule has 0 aromatic heterocycles. The van der Waals surface area contributed by atoms with Crippen molar-refractivity contribution in [1.82, 2.24) is 15.5 Å². The number of nitrogens with one attached hydrogen (secondary N) is 2. The van der Waals surface area contributed by atoms with E-state index in [1.165, 1.54) is 4.90 Å². The SMILES string of the molecule is C[C@H](NC(=O)C12CCC(NCC(=O)N3C[C@@H](F)C[C@H]3C#N)(CC1)CC2)C(C)(C)C. The molecule has 1 heterocycles. The highest BCUT2D eigenvalue weighted by atomic mass is 19.1. The summed E-state index contributed by atoms with van der Waals surface area (Å²) in [6.45, 7) is 8.60. The number of rotatable bonds is 5. The molecule has 4 fully saturated rings. The van der Waals surface area contributed by atoms with Crippen molar-refractivity contribution in [3.8, 4) is 6.07 Å². The fourth-order valence-corrected chi connectivity index (χ4v) is 4.91. The highest BCUT2D eigenvalue weighted by Crippen LogP contribution is 2.52. The first kappa shape index (κ1) is 22.0. The standard InChI is InChI=1S/C22H35FN4O2/c1-15(20(2,3)4)26-19(29)21-5-8-22(9-6-21,10-7-21)25-13-18(28)27-14-16(23)11-17(27)12-24/h15-17,25H,5-11,13-14H2,1-4H3,(H,26,29)/t15-,16-,17-,21?,22?/m0/s1.